The van der Waals surface area contributed by atoms with Crippen LogP contribution in [0.25, 0.3) is 0 Å². The minimum Gasteiger partial charge on any atom is -0.368 e. The zero-order chi connectivity index (χ0) is 5.33. The molecule has 40 valence electrons. The number of rotatable bonds is 1. The van der Waals surface area contributed by atoms with Crippen LogP contribution in [0.1, 0.15) is 13.3 Å². The third-order valence-corrected chi connectivity index (χ3v) is 1.28. The molecule has 2 heteroatoms. The Balaban J connectivity index is 2.43. The Kier molecular flexibility index (Phi) is 0.889. The highest BCUT2D eigenvalue weighted by molar-refractivity contribution is 5.62. The monoisotopic (exact) mass is 100 g/mol. The molecule has 0 saturated carbocycles. The smallest absolute Gasteiger partial charge is 0.151 e. The molecule has 1 aliphatic rings. The van der Waals surface area contributed by atoms with E-state index < -0.39 is 5.60 Å². The fourth-order valence-corrected chi connectivity index (χ4v) is 0.517. The molecule has 0 aromatic heterocycles. The number of hydrogen-bond acceptors (Lipinski definition) is 2. The van der Waals surface area contributed by atoms with Crippen LogP contribution >= 0.6 is 0 Å². The maximum atomic E-state index is 9.98. The molecule has 0 aliphatic carbocycles. The summed E-state index contributed by atoms with van der Waals surface area (Å²) in [5.74, 6) is 0. The van der Waals surface area contributed by atoms with Gasteiger partial charge in [-0.15, -0.1) is 0 Å². The van der Waals surface area contributed by atoms with Crippen molar-refractivity contribution in [3.63, 3.8) is 0 Å². The standard InChI is InChI=1S/C5H8O2/c1-5(4-6)2-3-7-5/h4H,2-3H2,1H3. The first kappa shape index (κ1) is 4.78. The van der Waals surface area contributed by atoms with Crippen LogP contribution in [0, 0.1) is 0 Å². The summed E-state index contributed by atoms with van der Waals surface area (Å²) in [6.45, 7) is 2.54. The molecule has 1 fully saturated rings. The van der Waals surface area contributed by atoms with E-state index in [-0.39, 0.29) is 0 Å². The lowest BCUT2D eigenvalue weighted by Gasteiger charge is -2.32. The Bertz CT molecular complexity index is 84.1. The van der Waals surface area contributed by atoms with E-state index in [4.69, 9.17) is 4.74 Å². The molecular formula is C5H8O2. The van der Waals surface area contributed by atoms with E-state index in [1.807, 2.05) is 0 Å². The van der Waals surface area contributed by atoms with Gasteiger partial charge in [-0.05, 0) is 6.92 Å². The second-order valence-corrected chi connectivity index (χ2v) is 2.03. The summed E-state index contributed by atoms with van der Waals surface area (Å²) >= 11 is 0. The summed E-state index contributed by atoms with van der Waals surface area (Å²) in [5, 5.41) is 0. The van der Waals surface area contributed by atoms with E-state index in [2.05, 4.69) is 0 Å². The summed E-state index contributed by atoms with van der Waals surface area (Å²) in [4.78, 5) is 9.98. The second kappa shape index (κ2) is 1.30. The summed E-state index contributed by atoms with van der Waals surface area (Å²) < 4.78 is 4.90. The average Bonchev–Trinajstić information content (AvgIpc) is 1.61. The van der Waals surface area contributed by atoms with Crippen LogP contribution in [0.3, 0.4) is 0 Å². The lowest BCUT2D eigenvalue weighted by molar-refractivity contribution is -0.155. The molecule has 1 heterocycles. The molecule has 1 aliphatic heterocycles. The van der Waals surface area contributed by atoms with Gasteiger partial charge in [0.15, 0.2) is 6.29 Å². The molecule has 1 saturated heterocycles. The highest BCUT2D eigenvalue weighted by Crippen LogP contribution is 2.21. The lowest BCUT2D eigenvalue weighted by atomic mass is 10.0. The minimum absolute atomic E-state index is 0.417. The van der Waals surface area contributed by atoms with Crippen molar-refractivity contribution < 1.29 is 9.53 Å². The molecule has 0 bridgehead atoms. The van der Waals surface area contributed by atoms with Crippen LogP contribution in [0.2, 0.25) is 0 Å². The molecule has 1 atom stereocenters. The van der Waals surface area contributed by atoms with Gasteiger partial charge in [0.05, 0.1) is 6.61 Å². The van der Waals surface area contributed by atoms with Gasteiger partial charge in [-0.25, -0.2) is 0 Å². The first-order chi connectivity index (χ1) is 3.27. The summed E-state index contributed by atoms with van der Waals surface area (Å²) in [7, 11) is 0. The number of carbonyl (C=O) groups is 1. The number of aldehydes is 1. The largest absolute Gasteiger partial charge is 0.368 e. The van der Waals surface area contributed by atoms with Crippen LogP contribution in [0.5, 0.6) is 0 Å². The van der Waals surface area contributed by atoms with E-state index in [9.17, 15) is 4.79 Å². The van der Waals surface area contributed by atoms with Gasteiger partial charge in [0.2, 0.25) is 0 Å². The molecule has 0 aromatic carbocycles. The zero-order valence-electron chi connectivity index (χ0n) is 4.31. The van der Waals surface area contributed by atoms with Crippen molar-refractivity contribution in [2.45, 2.75) is 18.9 Å². The minimum atomic E-state index is -0.417. The predicted molar refractivity (Wildman–Crippen MR) is 25.0 cm³/mol. The number of ether oxygens (including phenoxy) is 1. The second-order valence-electron chi connectivity index (χ2n) is 2.03. The molecular weight excluding hydrogens is 92.1 g/mol. The van der Waals surface area contributed by atoms with Crippen molar-refractivity contribution in [2.24, 2.45) is 0 Å². The highest BCUT2D eigenvalue weighted by atomic mass is 16.5. The highest BCUT2D eigenvalue weighted by Gasteiger charge is 2.31. The van der Waals surface area contributed by atoms with Crippen molar-refractivity contribution >= 4 is 6.29 Å². The molecule has 2 nitrogen and oxygen atoms in total. The Hall–Kier alpha value is -0.370. The predicted octanol–water partition coefficient (Wildman–Crippen LogP) is 0.364. The van der Waals surface area contributed by atoms with Gasteiger partial charge in [0, 0.05) is 6.42 Å². The first-order valence-electron chi connectivity index (χ1n) is 2.37. The third kappa shape index (κ3) is 0.657. The lowest BCUT2D eigenvalue weighted by Crippen LogP contribution is -2.41. The van der Waals surface area contributed by atoms with Crippen LogP contribution in [0.15, 0.2) is 0 Å². The zero-order valence-corrected chi connectivity index (χ0v) is 4.31. The average molecular weight is 100 g/mol. The Morgan fingerprint density at radius 2 is 2.43 bits per heavy atom. The van der Waals surface area contributed by atoms with Gasteiger partial charge in [-0.2, -0.15) is 0 Å². The van der Waals surface area contributed by atoms with Crippen LogP contribution in [-0.2, 0) is 9.53 Å². The quantitative estimate of drug-likeness (QED) is 0.445. The van der Waals surface area contributed by atoms with E-state index >= 15 is 0 Å². The molecule has 7 heavy (non-hydrogen) atoms. The van der Waals surface area contributed by atoms with Crippen molar-refractivity contribution in [3.05, 3.63) is 0 Å². The molecule has 0 spiro atoms. The van der Waals surface area contributed by atoms with Crippen molar-refractivity contribution in [1.82, 2.24) is 0 Å². The van der Waals surface area contributed by atoms with Gasteiger partial charge in [-0.3, -0.25) is 0 Å². The van der Waals surface area contributed by atoms with Crippen molar-refractivity contribution in [3.8, 4) is 0 Å². The van der Waals surface area contributed by atoms with Crippen molar-refractivity contribution in [1.29, 1.82) is 0 Å². The van der Waals surface area contributed by atoms with E-state index in [1.54, 1.807) is 6.92 Å². The Labute approximate surface area is 42.5 Å². The molecule has 0 amide bonds. The third-order valence-electron chi connectivity index (χ3n) is 1.28. The van der Waals surface area contributed by atoms with Crippen molar-refractivity contribution in [2.75, 3.05) is 6.61 Å². The molecule has 0 radical (unpaired) electrons. The van der Waals surface area contributed by atoms with Gasteiger partial charge in [0.1, 0.15) is 5.60 Å². The van der Waals surface area contributed by atoms with Crippen LogP contribution in [0.4, 0.5) is 0 Å². The normalized spacial score (nSPS) is 39.6. The summed E-state index contributed by atoms with van der Waals surface area (Å²) in [6.07, 6.45) is 1.74. The number of carbonyl (C=O) groups excluding carboxylic acids is 1. The van der Waals surface area contributed by atoms with Gasteiger partial charge in [0.25, 0.3) is 0 Å². The fraction of sp³-hybridized carbons (Fsp3) is 0.800. The number of hydrogen-bond donors (Lipinski definition) is 0. The topological polar surface area (TPSA) is 26.3 Å². The van der Waals surface area contributed by atoms with Gasteiger partial charge < -0.3 is 9.53 Å². The first-order valence-corrected chi connectivity index (χ1v) is 2.37. The molecule has 1 rings (SSSR count). The van der Waals surface area contributed by atoms with E-state index in [1.165, 1.54) is 0 Å². The maximum absolute atomic E-state index is 9.98. The molecule has 0 N–H and O–H groups in total. The van der Waals surface area contributed by atoms with E-state index in [0.29, 0.717) is 0 Å². The molecule has 1 unspecified atom stereocenters. The maximum Gasteiger partial charge on any atom is 0.151 e. The van der Waals surface area contributed by atoms with Gasteiger partial charge >= 0.3 is 0 Å². The van der Waals surface area contributed by atoms with E-state index in [0.717, 1.165) is 19.3 Å². The fourth-order valence-electron chi connectivity index (χ4n) is 0.517. The summed E-state index contributed by atoms with van der Waals surface area (Å²) in [6, 6.07) is 0. The van der Waals surface area contributed by atoms with Crippen LogP contribution in [-0.4, -0.2) is 18.5 Å². The Morgan fingerprint density at radius 1 is 1.86 bits per heavy atom. The summed E-state index contributed by atoms with van der Waals surface area (Å²) in [5.41, 5.74) is -0.417. The molecule has 0 aromatic rings. The Morgan fingerprint density at radius 3 is 2.43 bits per heavy atom. The SMILES string of the molecule is CC1(C=O)CCO1. The van der Waals surface area contributed by atoms with Crippen LogP contribution < -0.4 is 0 Å². The van der Waals surface area contributed by atoms with Gasteiger partial charge in [-0.1, -0.05) is 0 Å².